The largest absolute Gasteiger partial charge is 0.484 e. The predicted molar refractivity (Wildman–Crippen MR) is 94.3 cm³/mol. The number of benzene rings is 1. The highest BCUT2D eigenvalue weighted by molar-refractivity contribution is 5.94. The average Bonchev–Trinajstić information content (AvgIpc) is 2.79. The summed E-state index contributed by atoms with van der Waals surface area (Å²) in [5.41, 5.74) is 0.623. The van der Waals surface area contributed by atoms with Gasteiger partial charge in [0, 0.05) is 25.2 Å². The Hall–Kier alpha value is -2.57. The molecule has 0 radical (unpaired) electrons. The van der Waals surface area contributed by atoms with E-state index in [0.29, 0.717) is 30.9 Å². The first-order valence-electron chi connectivity index (χ1n) is 8.65. The fourth-order valence-electron chi connectivity index (χ4n) is 2.61. The molecule has 1 aromatic rings. The molecule has 136 valence electrons. The molecule has 2 rings (SSSR count). The molecule has 3 amide bonds. The van der Waals surface area contributed by atoms with Crippen molar-refractivity contribution in [1.82, 2.24) is 10.2 Å². The summed E-state index contributed by atoms with van der Waals surface area (Å²) < 4.78 is 5.35. The Bertz CT molecular complexity index is 601. The minimum Gasteiger partial charge on any atom is -0.484 e. The molecule has 1 aliphatic heterocycles. The lowest BCUT2D eigenvalue weighted by atomic mass is 10.2. The smallest absolute Gasteiger partial charge is 0.257 e. The molecule has 2 N–H and O–H groups in total. The average molecular weight is 347 g/mol. The molecule has 0 saturated carbocycles. The van der Waals surface area contributed by atoms with Crippen LogP contribution in [0.4, 0.5) is 5.69 Å². The zero-order valence-electron chi connectivity index (χ0n) is 14.5. The summed E-state index contributed by atoms with van der Waals surface area (Å²) in [5, 5.41) is 5.42. The van der Waals surface area contributed by atoms with Crippen LogP contribution in [-0.2, 0) is 14.4 Å². The Labute approximate surface area is 147 Å². The van der Waals surface area contributed by atoms with Crippen LogP contribution in [0, 0.1) is 0 Å². The second kappa shape index (κ2) is 9.66. The van der Waals surface area contributed by atoms with E-state index in [0.717, 1.165) is 19.3 Å². The molecular formula is C18H25N3O4. The fraction of sp³-hybridized carbons (Fsp3) is 0.500. The quantitative estimate of drug-likeness (QED) is 0.783. The van der Waals surface area contributed by atoms with Crippen LogP contribution in [0.3, 0.4) is 0 Å². The number of amides is 3. The van der Waals surface area contributed by atoms with Gasteiger partial charge in [0.1, 0.15) is 5.75 Å². The molecule has 0 bridgehead atoms. The lowest BCUT2D eigenvalue weighted by Gasteiger charge is -2.19. The van der Waals surface area contributed by atoms with Crippen LogP contribution in [-0.4, -0.2) is 48.9 Å². The Morgan fingerprint density at radius 2 is 1.88 bits per heavy atom. The minimum absolute atomic E-state index is 0.0433. The van der Waals surface area contributed by atoms with E-state index in [1.54, 1.807) is 29.2 Å². The molecule has 25 heavy (non-hydrogen) atoms. The Morgan fingerprint density at radius 3 is 2.60 bits per heavy atom. The number of carbonyl (C=O) groups is 3. The van der Waals surface area contributed by atoms with Gasteiger partial charge in [0.2, 0.25) is 11.8 Å². The third kappa shape index (κ3) is 6.45. The van der Waals surface area contributed by atoms with Gasteiger partial charge < -0.3 is 20.3 Å². The standard InChI is InChI=1S/C18H25N3O4/c1-2-19-17(23)13-25-15-9-7-14(8-10-15)20-16(22)12-21-11-5-3-4-6-18(21)24/h7-10H,2-6,11-13H2,1H3,(H,19,23)(H,20,22). The monoisotopic (exact) mass is 347 g/mol. The van der Waals surface area contributed by atoms with E-state index in [2.05, 4.69) is 10.6 Å². The normalized spacial score (nSPS) is 14.6. The van der Waals surface area contributed by atoms with Gasteiger partial charge in [0.15, 0.2) is 6.61 Å². The molecule has 1 heterocycles. The third-order valence-corrected chi connectivity index (χ3v) is 3.89. The summed E-state index contributed by atoms with van der Waals surface area (Å²) in [6.07, 6.45) is 3.39. The summed E-state index contributed by atoms with van der Waals surface area (Å²) in [7, 11) is 0. The Morgan fingerprint density at radius 1 is 1.12 bits per heavy atom. The lowest BCUT2D eigenvalue weighted by molar-refractivity contribution is -0.134. The molecule has 1 saturated heterocycles. The van der Waals surface area contributed by atoms with Gasteiger partial charge in [-0.15, -0.1) is 0 Å². The summed E-state index contributed by atoms with van der Waals surface area (Å²) in [5.74, 6) is 0.196. The van der Waals surface area contributed by atoms with Crippen LogP contribution < -0.4 is 15.4 Å². The van der Waals surface area contributed by atoms with Crippen molar-refractivity contribution in [3.05, 3.63) is 24.3 Å². The molecule has 7 heteroatoms. The topological polar surface area (TPSA) is 87.7 Å². The van der Waals surface area contributed by atoms with Crippen molar-refractivity contribution in [2.45, 2.75) is 32.6 Å². The summed E-state index contributed by atoms with van der Waals surface area (Å²) in [6, 6.07) is 6.78. The summed E-state index contributed by atoms with van der Waals surface area (Å²) in [4.78, 5) is 37.0. The zero-order chi connectivity index (χ0) is 18.1. The third-order valence-electron chi connectivity index (χ3n) is 3.89. The van der Waals surface area contributed by atoms with Crippen molar-refractivity contribution in [3.63, 3.8) is 0 Å². The lowest BCUT2D eigenvalue weighted by Crippen LogP contribution is -2.37. The highest BCUT2D eigenvalue weighted by Gasteiger charge is 2.19. The van der Waals surface area contributed by atoms with Gasteiger partial charge >= 0.3 is 0 Å². The molecule has 1 aromatic carbocycles. The highest BCUT2D eigenvalue weighted by Crippen LogP contribution is 2.16. The van der Waals surface area contributed by atoms with Crippen molar-refractivity contribution < 1.29 is 19.1 Å². The van der Waals surface area contributed by atoms with Gasteiger partial charge in [-0.05, 0) is 44.0 Å². The molecule has 0 spiro atoms. The first-order valence-corrected chi connectivity index (χ1v) is 8.65. The molecule has 0 aromatic heterocycles. The molecule has 0 unspecified atom stereocenters. The van der Waals surface area contributed by atoms with E-state index < -0.39 is 0 Å². The SMILES string of the molecule is CCNC(=O)COc1ccc(NC(=O)CN2CCCCCC2=O)cc1. The van der Waals surface area contributed by atoms with Crippen LogP contribution in [0.25, 0.3) is 0 Å². The van der Waals surface area contributed by atoms with Gasteiger partial charge in [-0.25, -0.2) is 0 Å². The van der Waals surface area contributed by atoms with Gasteiger partial charge in [0.05, 0.1) is 6.54 Å². The van der Waals surface area contributed by atoms with Crippen molar-refractivity contribution in [2.24, 2.45) is 0 Å². The fourth-order valence-corrected chi connectivity index (χ4v) is 2.61. The Balaban J connectivity index is 1.80. The Kier molecular flexibility index (Phi) is 7.25. The first-order chi connectivity index (χ1) is 12.1. The molecule has 0 aliphatic carbocycles. The van der Waals surface area contributed by atoms with E-state index in [9.17, 15) is 14.4 Å². The minimum atomic E-state index is -0.216. The number of carbonyl (C=O) groups excluding carboxylic acids is 3. The van der Waals surface area contributed by atoms with E-state index in [1.165, 1.54) is 0 Å². The highest BCUT2D eigenvalue weighted by atomic mass is 16.5. The van der Waals surface area contributed by atoms with E-state index in [4.69, 9.17) is 4.74 Å². The number of likely N-dealkylation sites (N-methyl/N-ethyl adjacent to an activating group) is 1. The maximum Gasteiger partial charge on any atom is 0.257 e. The van der Waals surface area contributed by atoms with Crippen molar-refractivity contribution >= 4 is 23.4 Å². The van der Waals surface area contributed by atoms with Gasteiger partial charge in [-0.2, -0.15) is 0 Å². The number of likely N-dealkylation sites (tertiary alicyclic amines) is 1. The molecule has 1 aliphatic rings. The van der Waals surface area contributed by atoms with E-state index in [-0.39, 0.29) is 30.9 Å². The molecule has 0 atom stereocenters. The molecule has 7 nitrogen and oxygen atoms in total. The van der Waals surface area contributed by atoms with Crippen LogP contribution in [0.15, 0.2) is 24.3 Å². The number of nitrogens with zero attached hydrogens (tertiary/aromatic N) is 1. The maximum absolute atomic E-state index is 12.1. The van der Waals surface area contributed by atoms with Gasteiger partial charge in [-0.3, -0.25) is 14.4 Å². The first kappa shape index (κ1) is 18.8. The van der Waals surface area contributed by atoms with Crippen LogP contribution in [0.5, 0.6) is 5.75 Å². The van der Waals surface area contributed by atoms with Crippen molar-refractivity contribution in [3.8, 4) is 5.75 Å². The van der Waals surface area contributed by atoms with Crippen LogP contribution >= 0.6 is 0 Å². The number of hydrogen-bond donors (Lipinski definition) is 2. The van der Waals surface area contributed by atoms with E-state index >= 15 is 0 Å². The number of rotatable bonds is 7. The van der Waals surface area contributed by atoms with E-state index in [1.807, 2.05) is 6.92 Å². The number of nitrogens with one attached hydrogen (secondary N) is 2. The number of anilines is 1. The second-order valence-corrected chi connectivity index (χ2v) is 5.94. The molecular weight excluding hydrogens is 322 g/mol. The predicted octanol–water partition coefficient (Wildman–Crippen LogP) is 1.54. The van der Waals surface area contributed by atoms with Gasteiger partial charge in [-0.1, -0.05) is 6.42 Å². The number of hydrogen-bond acceptors (Lipinski definition) is 4. The van der Waals surface area contributed by atoms with Crippen LogP contribution in [0.2, 0.25) is 0 Å². The van der Waals surface area contributed by atoms with Gasteiger partial charge in [0.25, 0.3) is 5.91 Å². The summed E-state index contributed by atoms with van der Waals surface area (Å²) >= 11 is 0. The van der Waals surface area contributed by atoms with Crippen molar-refractivity contribution in [1.29, 1.82) is 0 Å². The van der Waals surface area contributed by atoms with Crippen LogP contribution in [0.1, 0.15) is 32.6 Å². The zero-order valence-corrected chi connectivity index (χ0v) is 14.5. The summed E-state index contributed by atoms with van der Waals surface area (Å²) in [6.45, 7) is 3.07. The van der Waals surface area contributed by atoms with Crippen molar-refractivity contribution in [2.75, 3.05) is 31.6 Å². The molecule has 1 fully saturated rings. The second-order valence-electron chi connectivity index (χ2n) is 5.94. The number of ether oxygens (including phenoxy) is 1. The maximum atomic E-state index is 12.1.